The first-order valence-electron chi connectivity index (χ1n) is 8.42. The third-order valence-electron chi connectivity index (χ3n) is 3.90. The number of nitro groups is 1. The zero-order chi connectivity index (χ0) is 21.4. The number of non-ortho nitro benzene ring substituents is 1. The number of benzene rings is 2. The molecule has 29 heavy (non-hydrogen) atoms. The van der Waals surface area contributed by atoms with Crippen molar-refractivity contribution in [1.82, 2.24) is 0 Å². The molecule has 0 saturated carbocycles. The van der Waals surface area contributed by atoms with Gasteiger partial charge >= 0.3 is 5.97 Å². The molecular weight excluding hydrogens is 376 g/mol. The number of nitriles is 1. The molecule has 0 heterocycles. The van der Waals surface area contributed by atoms with Gasteiger partial charge in [-0.3, -0.25) is 10.1 Å². The van der Waals surface area contributed by atoms with E-state index in [-0.39, 0.29) is 5.69 Å². The number of methoxy groups -OCH3 is 1. The lowest BCUT2D eigenvalue weighted by molar-refractivity contribution is -0.384. The fourth-order valence-electron chi connectivity index (χ4n) is 2.63. The van der Waals surface area contributed by atoms with E-state index in [1.165, 1.54) is 31.4 Å². The van der Waals surface area contributed by atoms with Crippen LogP contribution in [0.2, 0.25) is 0 Å². The van der Waals surface area contributed by atoms with Crippen LogP contribution in [0.3, 0.4) is 0 Å². The Labute approximate surface area is 167 Å². The quantitative estimate of drug-likeness (QED) is 0.225. The van der Waals surface area contributed by atoms with Gasteiger partial charge in [0, 0.05) is 17.7 Å². The second-order valence-corrected chi connectivity index (χ2v) is 5.86. The van der Waals surface area contributed by atoms with E-state index in [0.29, 0.717) is 40.2 Å². The lowest BCUT2D eigenvalue weighted by Crippen LogP contribution is -2.11. The van der Waals surface area contributed by atoms with Crippen molar-refractivity contribution in [2.75, 3.05) is 13.7 Å². The Kier molecular flexibility index (Phi) is 7.09. The highest BCUT2D eigenvalue weighted by Crippen LogP contribution is 2.35. The van der Waals surface area contributed by atoms with E-state index >= 15 is 0 Å². The highest BCUT2D eigenvalue weighted by Gasteiger charge is 2.14. The highest BCUT2D eigenvalue weighted by atomic mass is 16.6. The number of hydrogen-bond donors (Lipinski definition) is 1. The molecule has 8 heteroatoms. The average Bonchev–Trinajstić information content (AvgIpc) is 2.71. The van der Waals surface area contributed by atoms with E-state index in [0.717, 1.165) is 0 Å². The minimum Gasteiger partial charge on any atom is -0.493 e. The van der Waals surface area contributed by atoms with Crippen LogP contribution in [0, 0.1) is 21.4 Å². The second kappa shape index (κ2) is 9.71. The van der Waals surface area contributed by atoms with Crippen LogP contribution in [-0.4, -0.2) is 29.7 Å². The van der Waals surface area contributed by atoms with Crippen molar-refractivity contribution in [2.24, 2.45) is 0 Å². The maximum absolute atomic E-state index is 10.8. The van der Waals surface area contributed by atoms with Crippen molar-refractivity contribution in [3.05, 3.63) is 75.9 Å². The summed E-state index contributed by atoms with van der Waals surface area (Å²) in [5, 5.41) is 29.2. The third kappa shape index (κ3) is 5.43. The monoisotopic (exact) mass is 394 g/mol. The SMILES string of the molecule is C=CCc1cc(/C=C(\C#N)c2ccc([N+](=O)[O-])cc2)cc(OC)c1OCC(=O)O. The number of carboxylic acid groups (broad SMARTS) is 1. The van der Waals surface area contributed by atoms with Crippen molar-refractivity contribution in [2.45, 2.75) is 6.42 Å². The predicted molar refractivity (Wildman–Crippen MR) is 107 cm³/mol. The fourth-order valence-corrected chi connectivity index (χ4v) is 2.63. The van der Waals surface area contributed by atoms with Crippen LogP contribution in [-0.2, 0) is 11.2 Å². The summed E-state index contributed by atoms with van der Waals surface area (Å²) < 4.78 is 10.7. The van der Waals surface area contributed by atoms with Crippen molar-refractivity contribution in [3.8, 4) is 17.6 Å². The number of carboxylic acids is 1. The number of ether oxygens (including phenoxy) is 2. The minimum absolute atomic E-state index is 0.0686. The average molecular weight is 394 g/mol. The lowest BCUT2D eigenvalue weighted by atomic mass is 10.0. The van der Waals surface area contributed by atoms with E-state index in [1.807, 2.05) is 0 Å². The summed E-state index contributed by atoms with van der Waals surface area (Å²) in [5.74, 6) is -0.510. The summed E-state index contributed by atoms with van der Waals surface area (Å²) in [6, 6.07) is 11.1. The molecule has 1 N–H and O–H groups in total. The van der Waals surface area contributed by atoms with E-state index < -0.39 is 17.5 Å². The zero-order valence-corrected chi connectivity index (χ0v) is 15.6. The molecule has 2 rings (SSSR count). The Morgan fingerprint density at radius 1 is 1.34 bits per heavy atom. The number of rotatable bonds is 9. The first kappa shape index (κ1) is 21.2. The molecule has 0 bridgehead atoms. The number of nitrogens with zero attached hydrogens (tertiary/aromatic N) is 2. The molecular formula is C21H18N2O6. The molecule has 2 aromatic carbocycles. The Morgan fingerprint density at radius 2 is 2.03 bits per heavy atom. The summed E-state index contributed by atoms with van der Waals surface area (Å²) in [6.07, 6.45) is 3.64. The molecule has 0 atom stereocenters. The Morgan fingerprint density at radius 3 is 2.55 bits per heavy atom. The molecule has 2 aromatic rings. The van der Waals surface area contributed by atoms with Crippen LogP contribution in [0.1, 0.15) is 16.7 Å². The second-order valence-electron chi connectivity index (χ2n) is 5.86. The molecule has 0 spiro atoms. The number of hydrogen-bond acceptors (Lipinski definition) is 6. The number of aliphatic carboxylic acids is 1. The summed E-state index contributed by atoms with van der Waals surface area (Å²) in [4.78, 5) is 21.1. The Balaban J connectivity index is 2.49. The normalized spacial score (nSPS) is 10.7. The molecule has 0 radical (unpaired) electrons. The van der Waals surface area contributed by atoms with Crippen LogP contribution < -0.4 is 9.47 Å². The van der Waals surface area contributed by atoms with Gasteiger partial charge in [-0.2, -0.15) is 5.26 Å². The van der Waals surface area contributed by atoms with Crippen LogP contribution in [0.4, 0.5) is 5.69 Å². The van der Waals surface area contributed by atoms with Gasteiger partial charge < -0.3 is 14.6 Å². The van der Waals surface area contributed by atoms with Gasteiger partial charge in [-0.1, -0.05) is 6.08 Å². The molecule has 0 fully saturated rings. The smallest absolute Gasteiger partial charge is 0.341 e. The van der Waals surface area contributed by atoms with Crippen molar-refractivity contribution >= 4 is 23.3 Å². The van der Waals surface area contributed by atoms with Gasteiger partial charge in [0.1, 0.15) is 0 Å². The Bertz CT molecular complexity index is 1000. The van der Waals surface area contributed by atoms with Gasteiger partial charge in [0.15, 0.2) is 18.1 Å². The van der Waals surface area contributed by atoms with Crippen molar-refractivity contribution in [1.29, 1.82) is 5.26 Å². The molecule has 0 aromatic heterocycles. The van der Waals surface area contributed by atoms with Gasteiger partial charge in [0.05, 0.1) is 23.7 Å². The standard InChI is InChI=1S/C21H18N2O6/c1-3-4-16-9-14(11-19(28-2)21(16)29-13-20(24)25)10-17(12-22)15-5-7-18(8-6-15)23(26)27/h3,5-11H,1,4,13H2,2H3,(H,24,25)/b17-10+. The minimum atomic E-state index is -1.12. The number of allylic oxidation sites excluding steroid dienone is 2. The third-order valence-corrected chi connectivity index (χ3v) is 3.90. The van der Waals surface area contributed by atoms with Crippen molar-refractivity contribution < 1.29 is 24.3 Å². The summed E-state index contributed by atoms with van der Waals surface area (Å²) >= 11 is 0. The van der Waals surface area contributed by atoms with Gasteiger partial charge in [0.2, 0.25) is 0 Å². The maximum atomic E-state index is 10.8. The van der Waals surface area contributed by atoms with Gasteiger partial charge in [-0.05, 0) is 47.9 Å². The summed E-state index contributed by atoms with van der Waals surface area (Å²) in [7, 11) is 1.43. The van der Waals surface area contributed by atoms with E-state index in [1.54, 1.807) is 24.3 Å². The molecule has 0 unspecified atom stereocenters. The fraction of sp³-hybridized carbons (Fsp3) is 0.143. The summed E-state index contributed by atoms with van der Waals surface area (Å²) in [5.41, 5.74) is 2.02. The summed E-state index contributed by atoms with van der Waals surface area (Å²) in [6.45, 7) is 3.16. The molecule has 0 aliphatic carbocycles. The van der Waals surface area contributed by atoms with Gasteiger partial charge in [0.25, 0.3) is 5.69 Å². The van der Waals surface area contributed by atoms with Crippen LogP contribution in [0.5, 0.6) is 11.5 Å². The van der Waals surface area contributed by atoms with Crippen LogP contribution in [0.15, 0.2) is 49.1 Å². The molecule has 8 nitrogen and oxygen atoms in total. The van der Waals surface area contributed by atoms with Crippen molar-refractivity contribution in [3.63, 3.8) is 0 Å². The topological polar surface area (TPSA) is 123 Å². The lowest BCUT2D eigenvalue weighted by Gasteiger charge is -2.15. The maximum Gasteiger partial charge on any atom is 0.341 e. The van der Waals surface area contributed by atoms with E-state index in [4.69, 9.17) is 14.6 Å². The largest absolute Gasteiger partial charge is 0.493 e. The van der Waals surface area contributed by atoms with Crippen LogP contribution >= 0.6 is 0 Å². The Hall–Kier alpha value is -4.12. The van der Waals surface area contributed by atoms with E-state index in [2.05, 4.69) is 12.6 Å². The first-order valence-corrected chi connectivity index (χ1v) is 8.42. The van der Waals surface area contributed by atoms with Gasteiger partial charge in [-0.25, -0.2) is 4.79 Å². The highest BCUT2D eigenvalue weighted by molar-refractivity contribution is 5.90. The molecule has 0 aliphatic rings. The number of carbonyl (C=O) groups is 1. The van der Waals surface area contributed by atoms with Gasteiger partial charge in [-0.15, -0.1) is 6.58 Å². The van der Waals surface area contributed by atoms with E-state index in [9.17, 15) is 20.2 Å². The van der Waals surface area contributed by atoms with Crippen LogP contribution in [0.25, 0.3) is 11.6 Å². The molecule has 0 saturated heterocycles. The number of nitro benzene ring substituents is 1. The molecule has 0 amide bonds. The zero-order valence-electron chi connectivity index (χ0n) is 15.6. The first-order chi connectivity index (χ1) is 13.9. The predicted octanol–water partition coefficient (Wildman–Crippen LogP) is 3.86. The molecule has 0 aliphatic heterocycles. The molecule has 148 valence electrons.